The summed E-state index contributed by atoms with van der Waals surface area (Å²) in [5.41, 5.74) is -0.929. The third-order valence-electron chi connectivity index (χ3n) is 20.6. The van der Waals surface area contributed by atoms with E-state index in [9.17, 15) is 33.6 Å². The molecule has 0 amide bonds. The van der Waals surface area contributed by atoms with Gasteiger partial charge in [0.2, 0.25) is 0 Å². The summed E-state index contributed by atoms with van der Waals surface area (Å²) in [4.78, 5) is 80.5. The molecule has 9 fully saturated rings. The number of carbonyl (C=O) groups excluding carboxylic acids is 7. The van der Waals surface area contributed by atoms with E-state index in [1.165, 1.54) is 86.0 Å². The normalized spacial score (nSPS) is 24.3. The van der Waals surface area contributed by atoms with Gasteiger partial charge in [-0.05, 0) is 121 Å². The molecule has 0 aromatic heterocycles. The van der Waals surface area contributed by atoms with Crippen LogP contribution in [0.2, 0.25) is 18.1 Å². The molecule has 0 radical (unpaired) electrons. The van der Waals surface area contributed by atoms with Crippen molar-refractivity contribution < 1.29 is 76.3 Å². The van der Waals surface area contributed by atoms with Crippen LogP contribution in [0.1, 0.15) is 259 Å². The smallest absolute Gasteiger partial charge is 0.312 e. The van der Waals surface area contributed by atoms with E-state index < -0.39 is 8.32 Å². The van der Waals surface area contributed by atoms with Crippen LogP contribution in [0.25, 0.3) is 0 Å². The Labute approximate surface area is 538 Å². The number of esters is 7. The minimum atomic E-state index is -1.68. The first-order chi connectivity index (χ1) is 42.4. The van der Waals surface area contributed by atoms with Gasteiger partial charge < -0.3 is 48.0 Å². The summed E-state index contributed by atoms with van der Waals surface area (Å²) >= 11 is 0. The van der Waals surface area contributed by atoms with Crippen LogP contribution in [0.5, 0.6) is 0 Å². The summed E-state index contributed by atoms with van der Waals surface area (Å²) in [5.74, 6) is -0.0457. The predicted octanol–water partition coefficient (Wildman–Crippen LogP) is 14.7. The van der Waals surface area contributed by atoms with Gasteiger partial charge in [-0.2, -0.15) is 0 Å². The van der Waals surface area contributed by atoms with Crippen LogP contribution in [0, 0.1) is 33.5 Å². The van der Waals surface area contributed by atoms with Crippen molar-refractivity contribution in [1.29, 1.82) is 0 Å². The topological polar surface area (TPSA) is 226 Å². The van der Waals surface area contributed by atoms with E-state index in [-0.39, 0.29) is 105 Å². The lowest BCUT2D eigenvalue weighted by molar-refractivity contribution is -0.158. The molecule has 4 heterocycles. The van der Waals surface area contributed by atoms with Crippen LogP contribution in [0.3, 0.4) is 0 Å². The number of nitrogens with one attached hydrogen (secondary N) is 1. The first-order valence-electron chi connectivity index (χ1n) is 34.6. The number of methoxy groups -OCH3 is 3. The molecule has 2 N–H and O–H groups in total. The van der Waals surface area contributed by atoms with Gasteiger partial charge in [0, 0.05) is 58.7 Å². The molecule has 0 bridgehead atoms. The molecule has 17 nitrogen and oxygen atoms in total. The van der Waals surface area contributed by atoms with Gasteiger partial charge in [0.1, 0.15) is 18.3 Å². The van der Waals surface area contributed by atoms with Crippen molar-refractivity contribution in [3.8, 4) is 0 Å². The number of hydrogen-bond acceptors (Lipinski definition) is 17. The number of piperidine rings is 1. The molecule has 9 aliphatic rings. The lowest BCUT2D eigenvalue weighted by Crippen LogP contribution is -2.41. The second-order valence-electron chi connectivity index (χ2n) is 28.2. The Hall–Kier alpha value is -4.13. The van der Waals surface area contributed by atoms with Crippen molar-refractivity contribution in [2.24, 2.45) is 33.5 Å². The Morgan fingerprint density at radius 3 is 1.44 bits per heavy atom. The van der Waals surface area contributed by atoms with Crippen molar-refractivity contribution in [2.45, 2.75) is 296 Å². The number of aliphatic hydroxyl groups is 1. The zero-order valence-corrected chi connectivity index (χ0v) is 58.3. The number of ether oxygens (including phenoxy) is 7. The fraction of sp³-hybridized carbons (Fsp3) is 0.845. The summed E-state index contributed by atoms with van der Waals surface area (Å²) in [6.45, 7) is 25.1. The molecule has 5 saturated carbocycles. The zero-order valence-electron chi connectivity index (χ0n) is 57.3. The highest BCUT2D eigenvalue weighted by Gasteiger charge is 2.51. The number of allylic oxidation sites excluding steroid dienone is 2. The Morgan fingerprint density at radius 2 is 1.03 bits per heavy atom. The lowest BCUT2D eigenvalue weighted by atomic mass is 9.70. The van der Waals surface area contributed by atoms with Crippen molar-refractivity contribution in [1.82, 2.24) is 5.32 Å². The Balaban J connectivity index is 0.000000281. The first-order valence-corrected chi connectivity index (χ1v) is 37.5. The summed E-state index contributed by atoms with van der Waals surface area (Å²) in [6.07, 6.45) is 39.4. The van der Waals surface area contributed by atoms with Crippen LogP contribution in [0.4, 0.5) is 0 Å². The molecule has 5 aliphatic carbocycles. The molecule has 0 aromatic rings. The minimum absolute atomic E-state index is 0.00403. The number of carbonyl (C=O) groups is 7. The van der Waals surface area contributed by atoms with E-state index in [0.29, 0.717) is 25.9 Å². The highest BCUT2D eigenvalue weighted by molar-refractivity contribution is 6.74. The Morgan fingerprint density at radius 1 is 0.607 bits per heavy atom. The Kier molecular flexibility index (Phi) is 36.2. The monoisotopic (exact) mass is 1270 g/mol. The van der Waals surface area contributed by atoms with Gasteiger partial charge in [-0.15, -0.1) is 13.2 Å². The minimum Gasteiger partial charge on any atom is -0.469 e. The van der Waals surface area contributed by atoms with Gasteiger partial charge in [0.05, 0.1) is 61.4 Å². The maximum atomic E-state index is 12.2. The third kappa shape index (κ3) is 26.1. The summed E-state index contributed by atoms with van der Waals surface area (Å²) in [7, 11) is 2.71. The molecular weight excluding hydrogens is 1150 g/mol. The van der Waals surface area contributed by atoms with E-state index >= 15 is 0 Å². The number of hydrogen-bond donors (Lipinski definition) is 2. The average Bonchev–Trinajstić information content (AvgIpc) is 2.51. The molecule has 9 rings (SSSR count). The lowest BCUT2D eigenvalue weighted by Gasteiger charge is -2.36. The van der Waals surface area contributed by atoms with Crippen LogP contribution in [0.15, 0.2) is 25.3 Å². The standard InChI is InChI=1S/C17H32O3Si.C13H20O4.C11H18O3.C11H18O2.C8H14O2.C7H13NO2.C4H8/c1-16(2,3)21(4,5)19-12-9-14-13-17(15(18)20-14)10-7-6-8-11-17;1-10(14)17-11-5-8-16-12(15)13(9-11)6-3-2-4-7-13;12-7-4-9-8-11(10(13)14-9)5-2-1-3-6-11;1-3-7-11(10(12)13-2)8-5-4-6-9-11;1-10-8(9)7-5-3-2-4-6-7;1-10-7(9)6-2-4-8-5-3-6;1-3-4-2/h14H,6-13H2,1-5H3;11H,2-9H2,1H3;9,12H,1-8H2;3H,1,4-9H2,2H3;7H,2-6H2,1H3;6,8H,2-5H2,1H3;3H,1,4H2,2H3. The number of rotatable bonds is 13. The van der Waals surface area contributed by atoms with Crippen molar-refractivity contribution in [3.05, 3.63) is 25.3 Å². The van der Waals surface area contributed by atoms with Crippen LogP contribution < -0.4 is 5.32 Å². The van der Waals surface area contributed by atoms with Gasteiger partial charge in [0.25, 0.3) is 0 Å². The molecule has 3 atom stereocenters. The fourth-order valence-corrected chi connectivity index (χ4v) is 15.1. The van der Waals surface area contributed by atoms with E-state index in [4.69, 9.17) is 33.2 Å². The van der Waals surface area contributed by atoms with Crippen LogP contribution in [-0.4, -0.2) is 128 Å². The van der Waals surface area contributed by atoms with E-state index in [0.717, 1.165) is 167 Å². The van der Waals surface area contributed by atoms with Crippen LogP contribution >= 0.6 is 0 Å². The highest BCUT2D eigenvalue weighted by atomic mass is 28.4. The van der Waals surface area contributed by atoms with Gasteiger partial charge in [-0.25, -0.2) is 0 Å². The highest BCUT2D eigenvalue weighted by Crippen LogP contribution is 2.49. The quantitative estimate of drug-likeness (QED) is 0.0756. The fourth-order valence-electron chi connectivity index (χ4n) is 14.0. The van der Waals surface area contributed by atoms with Gasteiger partial charge in [-0.3, -0.25) is 33.6 Å². The molecular formula is C71H123NO16Si. The second kappa shape index (κ2) is 40.8. The van der Waals surface area contributed by atoms with E-state index in [1.54, 1.807) is 0 Å². The van der Waals surface area contributed by atoms with E-state index in [2.05, 4.69) is 68.7 Å². The molecule has 0 aromatic carbocycles. The largest absolute Gasteiger partial charge is 0.469 e. The third-order valence-corrected chi connectivity index (χ3v) is 25.1. The summed E-state index contributed by atoms with van der Waals surface area (Å²) < 4.78 is 41.8. The van der Waals surface area contributed by atoms with Gasteiger partial charge >= 0.3 is 41.8 Å². The molecule has 4 saturated heterocycles. The summed E-state index contributed by atoms with van der Waals surface area (Å²) in [5, 5.41) is 12.2. The van der Waals surface area contributed by atoms with Crippen LogP contribution in [-0.2, 0) is 71.1 Å². The molecule has 3 unspecified atom stereocenters. The van der Waals surface area contributed by atoms with Gasteiger partial charge in [-0.1, -0.05) is 136 Å². The SMILES string of the molecule is C=CCC.C=CCC1(C(=O)OC)CCCCC1.CC(=O)OC1CCOC(=O)C2(CCCCC2)C1.CC(C)(C)[Si](C)(C)OCCC1CC2(CCCCC2)C(=O)O1.COC(=O)C1CCCCC1.COC(=O)C1CCNCC1.O=C1OC(CCO)CC12CCCCC2. The molecule has 4 aliphatic heterocycles. The zero-order chi connectivity index (χ0) is 66.0. The molecule has 18 heteroatoms. The summed E-state index contributed by atoms with van der Waals surface area (Å²) in [6, 6.07) is 0. The maximum absolute atomic E-state index is 12.2. The molecule has 89 heavy (non-hydrogen) atoms. The molecule has 3 spiro atoms. The van der Waals surface area contributed by atoms with Crippen molar-refractivity contribution in [3.63, 3.8) is 0 Å². The number of aliphatic hydroxyl groups excluding tert-OH is 1. The predicted molar refractivity (Wildman–Crippen MR) is 350 cm³/mol. The van der Waals surface area contributed by atoms with Gasteiger partial charge in [0.15, 0.2) is 8.32 Å². The van der Waals surface area contributed by atoms with Crippen molar-refractivity contribution >= 4 is 50.1 Å². The average molecular weight is 1270 g/mol. The number of cyclic esters (lactones) is 3. The first kappa shape index (κ1) is 79.1. The maximum Gasteiger partial charge on any atom is 0.312 e. The second-order valence-corrected chi connectivity index (χ2v) is 33.0. The Bertz CT molecular complexity index is 2090. The van der Waals surface area contributed by atoms with Crippen molar-refractivity contribution in [2.75, 3.05) is 54.2 Å². The molecule has 512 valence electrons. The van der Waals surface area contributed by atoms with E-state index in [1.807, 2.05) is 12.2 Å².